The standard InChI is InChI=1S/C13H10BrN7O/c1-7-9(6-20(2)18-7)12-16-17-13(22-12)10-3-11-15-4-8(14)5-21(11)19-10/h3-6H,1-2H3. The SMILES string of the molecule is Cc1nn(C)cc1-c1nnc(-c2cc3ncc(Br)cn3n2)o1. The van der Waals surface area contributed by atoms with Gasteiger partial charge in [-0.15, -0.1) is 10.2 Å². The van der Waals surface area contributed by atoms with Crippen molar-refractivity contribution in [3.05, 3.63) is 34.8 Å². The number of rotatable bonds is 2. The van der Waals surface area contributed by atoms with Gasteiger partial charge < -0.3 is 4.42 Å². The summed E-state index contributed by atoms with van der Waals surface area (Å²) in [6.45, 7) is 1.89. The molecular formula is C13H10BrN7O. The number of halogens is 1. The van der Waals surface area contributed by atoms with Gasteiger partial charge in [-0.1, -0.05) is 0 Å². The molecule has 9 heteroatoms. The minimum atomic E-state index is 0.347. The highest BCUT2D eigenvalue weighted by atomic mass is 79.9. The fourth-order valence-corrected chi connectivity index (χ4v) is 2.50. The van der Waals surface area contributed by atoms with Crippen LogP contribution in [-0.4, -0.2) is 34.6 Å². The van der Waals surface area contributed by atoms with Gasteiger partial charge in [0, 0.05) is 31.7 Å². The summed E-state index contributed by atoms with van der Waals surface area (Å²) in [5.74, 6) is 0.770. The highest BCUT2D eigenvalue weighted by molar-refractivity contribution is 9.10. The maximum atomic E-state index is 5.72. The third-order valence-electron chi connectivity index (χ3n) is 3.17. The maximum Gasteiger partial charge on any atom is 0.268 e. The summed E-state index contributed by atoms with van der Waals surface area (Å²) >= 11 is 3.36. The van der Waals surface area contributed by atoms with E-state index < -0.39 is 0 Å². The van der Waals surface area contributed by atoms with Gasteiger partial charge in [-0.2, -0.15) is 10.2 Å². The first kappa shape index (κ1) is 13.1. The molecule has 0 radical (unpaired) electrons. The fraction of sp³-hybridized carbons (Fsp3) is 0.154. The third-order valence-corrected chi connectivity index (χ3v) is 3.58. The van der Waals surface area contributed by atoms with E-state index in [1.165, 1.54) is 0 Å². The van der Waals surface area contributed by atoms with Crippen LogP contribution in [-0.2, 0) is 7.05 Å². The Balaban J connectivity index is 1.78. The predicted molar refractivity (Wildman–Crippen MR) is 80.9 cm³/mol. The summed E-state index contributed by atoms with van der Waals surface area (Å²) in [5.41, 5.74) is 2.92. The van der Waals surface area contributed by atoms with Crippen LogP contribution in [0, 0.1) is 6.92 Å². The zero-order valence-electron chi connectivity index (χ0n) is 11.7. The molecule has 4 aromatic rings. The maximum absolute atomic E-state index is 5.72. The molecule has 0 amide bonds. The van der Waals surface area contributed by atoms with Crippen molar-refractivity contribution >= 4 is 21.6 Å². The lowest BCUT2D eigenvalue weighted by Crippen LogP contribution is -1.88. The van der Waals surface area contributed by atoms with Crippen LogP contribution in [0.5, 0.6) is 0 Å². The zero-order chi connectivity index (χ0) is 15.3. The molecule has 0 aliphatic rings. The van der Waals surface area contributed by atoms with E-state index in [0.717, 1.165) is 15.7 Å². The number of hydrogen-bond donors (Lipinski definition) is 0. The van der Waals surface area contributed by atoms with Gasteiger partial charge in [0.05, 0.1) is 15.7 Å². The highest BCUT2D eigenvalue weighted by Gasteiger charge is 2.17. The van der Waals surface area contributed by atoms with Gasteiger partial charge in [-0.25, -0.2) is 9.50 Å². The van der Waals surface area contributed by atoms with Crippen molar-refractivity contribution in [2.75, 3.05) is 0 Å². The van der Waals surface area contributed by atoms with Crippen LogP contribution in [0.2, 0.25) is 0 Å². The van der Waals surface area contributed by atoms with Crippen molar-refractivity contribution in [1.82, 2.24) is 34.6 Å². The Morgan fingerprint density at radius 3 is 2.73 bits per heavy atom. The Morgan fingerprint density at radius 1 is 1.14 bits per heavy atom. The molecule has 0 aromatic carbocycles. The van der Waals surface area contributed by atoms with Gasteiger partial charge in [-0.3, -0.25) is 4.68 Å². The highest BCUT2D eigenvalue weighted by Crippen LogP contribution is 2.25. The van der Waals surface area contributed by atoms with Crippen LogP contribution in [0.15, 0.2) is 33.5 Å². The summed E-state index contributed by atoms with van der Waals surface area (Å²) in [7, 11) is 1.85. The Kier molecular flexibility index (Phi) is 2.83. The topological polar surface area (TPSA) is 86.9 Å². The molecule has 110 valence electrons. The first-order valence-electron chi connectivity index (χ1n) is 6.45. The van der Waals surface area contributed by atoms with Crippen LogP contribution in [0.25, 0.3) is 28.7 Å². The van der Waals surface area contributed by atoms with Gasteiger partial charge in [0.15, 0.2) is 11.3 Å². The van der Waals surface area contributed by atoms with Crippen LogP contribution < -0.4 is 0 Å². The van der Waals surface area contributed by atoms with Crippen molar-refractivity contribution in [1.29, 1.82) is 0 Å². The van der Waals surface area contributed by atoms with Crippen molar-refractivity contribution in [2.45, 2.75) is 6.92 Å². The second kappa shape index (κ2) is 4.73. The van der Waals surface area contributed by atoms with Crippen molar-refractivity contribution in [3.63, 3.8) is 0 Å². The van der Waals surface area contributed by atoms with Crippen LogP contribution in [0.4, 0.5) is 0 Å². The fourth-order valence-electron chi connectivity index (χ4n) is 2.20. The van der Waals surface area contributed by atoms with E-state index in [1.807, 2.05) is 26.4 Å². The average molecular weight is 360 g/mol. The van der Waals surface area contributed by atoms with Crippen molar-refractivity contribution in [2.24, 2.45) is 7.05 Å². The molecule has 0 saturated carbocycles. The molecule has 0 N–H and O–H groups in total. The Bertz CT molecular complexity index is 984. The quantitative estimate of drug-likeness (QED) is 0.545. The van der Waals surface area contributed by atoms with E-state index in [9.17, 15) is 0 Å². The third kappa shape index (κ3) is 2.10. The summed E-state index contributed by atoms with van der Waals surface area (Å²) in [6, 6.07) is 1.79. The minimum Gasteiger partial charge on any atom is -0.414 e. The molecule has 0 saturated heterocycles. The van der Waals surface area contributed by atoms with Crippen LogP contribution >= 0.6 is 15.9 Å². The number of hydrogen-bond acceptors (Lipinski definition) is 6. The smallest absolute Gasteiger partial charge is 0.268 e. The van der Waals surface area contributed by atoms with E-state index in [0.29, 0.717) is 23.1 Å². The molecule has 0 unspecified atom stereocenters. The van der Waals surface area contributed by atoms with E-state index in [4.69, 9.17) is 4.42 Å². The summed E-state index contributed by atoms with van der Waals surface area (Å²) in [4.78, 5) is 4.26. The molecule has 4 heterocycles. The normalized spacial score (nSPS) is 11.4. The molecular weight excluding hydrogens is 350 g/mol. The van der Waals surface area contributed by atoms with Crippen molar-refractivity contribution in [3.8, 4) is 23.0 Å². The molecule has 0 fully saturated rings. The lowest BCUT2D eigenvalue weighted by Gasteiger charge is -1.91. The van der Waals surface area contributed by atoms with E-state index in [2.05, 4.69) is 41.3 Å². The zero-order valence-corrected chi connectivity index (χ0v) is 13.3. The van der Waals surface area contributed by atoms with E-state index >= 15 is 0 Å². The van der Waals surface area contributed by atoms with E-state index in [1.54, 1.807) is 21.5 Å². The van der Waals surface area contributed by atoms with Gasteiger partial charge in [0.1, 0.15) is 0 Å². The van der Waals surface area contributed by atoms with Gasteiger partial charge in [0.25, 0.3) is 11.8 Å². The molecule has 0 spiro atoms. The molecule has 4 rings (SSSR count). The summed E-state index contributed by atoms with van der Waals surface area (Å²) in [5, 5.41) is 16.8. The first-order valence-corrected chi connectivity index (χ1v) is 7.25. The molecule has 22 heavy (non-hydrogen) atoms. The lowest BCUT2D eigenvalue weighted by molar-refractivity contribution is 0.581. The Hall–Kier alpha value is -2.55. The van der Waals surface area contributed by atoms with Gasteiger partial charge in [-0.05, 0) is 22.9 Å². The number of aromatic nitrogens is 7. The second-order valence-corrected chi connectivity index (χ2v) is 5.73. The predicted octanol–water partition coefficient (Wildman–Crippen LogP) is 2.25. The number of nitrogens with zero attached hydrogens (tertiary/aromatic N) is 7. The molecule has 0 aliphatic carbocycles. The average Bonchev–Trinajstić information content (AvgIpc) is 3.15. The molecule has 0 bridgehead atoms. The Morgan fingerprint density at radius 2 is 1.95 bits per heavy atom. The van der Waals surface area contributed by atoms with Crippen molar-refractivity contribution < 1.29 is 4.42 Å². The molecule has 0 atom stereocenters. The summed E-state index contributed by atoms with van der Waals surface area (Å²) in [6.07, 6.45) is 5.36. The largest absolute Gasteiger partial charge is 0.414 e. The van der Waals surface area contributed by atoms with Crippen LogP contribution in [0.3, 0.4) is 0 Å². The van der Waals surface area contributed by atoms with Crippen LogP contribution in [0.1, 0.15) is 5.69 Å². The van der Waals surface area contributed by atoms with E-state index in [-0.39, 0.29) is 0 Å². The molecule has 8 nitrogen and oxygen atoms in total. The van der Waals surface area contributed by atoms with Gasteiger partial charge in [0.2, 0.25) is 0 Å². The lowest BCUT2D eigenvalue weighted by atomic mass is 10.3. The minimum absolute atomic E-state index is 0.347. The summed E-state index contributed by atoms with van der Waals surface area (Å²) < 4.78 is 9.92. The number of fused-ring (bicyclic) bond motifs is 1. The Labute approximate surface area is 132 Å². The first-order chi connectivity index (χ1) is 10.6. The monoisotopic (exact) mass is 359 g/mol. The molecule has 4 aromatic heterocycles. The molecule has 0 aliphatic heterocycles. The second-order valence-electron chi connectivity index (χ2n) is 4.82. The van der Waals surface area contributed by atoms with Gasteiger partial charge >= 0.3 is 0 Å². The number of aryl methyl sites for hydroxylation is 2.